The quantitative estimate of drug-likeness (QED) is 0.325. The molecule has 11 nitrogen and oxygen atoms in total. The Labute approximate surface area is 243 Å². The molecule has 0 saturated carbocycles. The first kappa shape index (κ1) is 27.4. The van der Waals surface area contributed by atoms with Crippen LogP contribution in [0.2, 0.25) is 0 Å². The van der Waals surface area contributed by atoms with Gasteiger partial charge >= 0.3 is 0 Å². The second-order valence-electron chi connectivity index (χ2n) is 10.6. The van der Waals surface area contributed by atoms with Gasteiger partial charge in [-0.15, -0.1) is 0 Å². The molecule has 0 aliphatic carbocycles. The number of hydrogen-bond donors (Lipinski definition) is 2. The Kier molecular flexibility index (Phi) is 7.58. The van der Waals surface area contributed by atoms with Gasteiger partial charge in [0, 0.05) is 56.2 Å². The molecule has 2 aromatic carbocycles. The van der Waals surface area contributed by atoms with Gasteiger partial charge in [-0.2, -0.15) is 4.98 Å². The maximum absolute atomic E-state index is 14.1. The summed E-state index contributed by atoms with van der Waals surface area (Å²) >= 11 is 0. The Morgan fingerprint density at radius 1 is 1.14 bits per heavy atom. The van der Waals surface area contributed by atoms with Gasteiger partial charge in [-0.3, -0.25) is 14.2 Å². The van der Waals surface area contributed by atoms with E-state index >= 15 is 0 Å². The number of fused-ring (bicyclic) bond motifs is 1. The van der Waals surface area contributed by atoms with Crippen LogP contribution in [0.3, 0.4) is 0 Å². The minimum absolute atomic E-state index is 0.159. The molecule has 4 aromatic rings. The van der Waals surface area contributed by atoms with E-state index < -0.39 is 0 Å². The van der Waals surface area contributed by atoms with E-state index in [0.717, 1.165) is 37.4 Å². The van der Waals surface area contributed by atoms with Gasteiger partial charge in [0.25, 0.3) is 5.56 Å². The van der Waals surface area contributed by atoms with Gasteiger partial charge in [-0.1, -0.05) is 18.7 Å². The summed E-state index contributed by atoms with van der Waals surface area (Å²) in [6, 6.07) is 13.2. The molecule has 0 unspecified atom stereocenters. The van der Waals surface area contributed by atoms with Crippen LogP contribution in [0.25, 0.3) is 22.4 Å². The Morgan fingerprint density at radius 2 is 1.98 bits per heavy atom. The first-order chi connectivity index (χ1) is 20.4. The van der Waals surface area contributed by atoms with E-state index in [4.69, 9.17) is 14.7 Å². The number of nitrogens with one attached hydrogen (secondary N) is 2. The lowest BCUT2D eigenvalue weighted by Gasteiger charge is -2.30. The number of nitrogens with zero attached hydrogens (tertiary/aromatic N) is 6. The Balaban J connectivity index is 1.39. The molecule has 2 aromatic heterocycles. The van der Waals surface area contributed by atoms with Gasteiger partial charge in [-0.25, -0.2) is 9.97 Å². The fourth-order valence-electron chi connectivity index (χ4n) is 5.76. The number of methoxy groups -OCH3 is 1. The van der Waals surface area contributed by atoms with Crippen molar-refractivity contribution in [1.29, 1.82) is 0 Å². The van der Waals surface area contributed by atoms with Crippen LogP contribution >= 0.6 is 0 Å². The van der Waals surface area contributed by atoms with Crippen molar-refractivity contribution in [2.45, 2.75) is 19.4 Å². The first-order valence-corrected chi connectivity index (χ1v) is 14.1. The molecule has 0 bridgehead atoms. The molecule has 1 atom stereocenters. The van der Waals surface area contributed by atoms with Crippen LogP contribution < -0.4 is 25.8 Å². The fraction of sp³-hybridized carbons (Fsp3) is 0.323. The lowest BCUT2D eigenvalue weighted by molar-refractivity contribution is -0.125. The van der Waals surface area contributed by atoms with Crippen LogP contribution in [0.15, 0.2) is 66.1 Å². The lowest BCUT2D eigenvalue weighted by atomic mass is 10.1. The van der Waals surface area contributed by atoms with E-state index in [0.29, 0.717) is 47.9 Å². The fourth-order valence-corrected chi connectivity index (χ4v) is 5.76. The smallest absolute Gasteiger partial charge is 0.279 e. The van der Waals surface area contributed by atoms with E-state index in [-0.39, 0.29) is 23.2 Å². The third-order valence-electron chi connectivity index (χ3n) is 7.90. The molecule has 2 saturated heterocycles. The number of carbonyl (C=O) groups is 1. The average molecular weight is 567 g/mol. The van der Waals surface area contributed by atoms with E-state index in [1.54, 1.807) is 28.8 Å². The Morgan fingerprint density at radius 3 is 2.74 bits per heavy atom. The van der Waals surface area contributed by atoms with Crippen LogP contribution in [-0.2, 0) is 4.79 Å². The van der Waals surface area contributed by atoms with E-state index in [2.05, 4.69) is 46.2 Å². The van der Waals surface area contributed by atoms with Crippen LogP contribution in [0.4, 0.5) is 17.3 Å². The summed E-state index contributed by atoms with van der Waals surface area (Å²) < 4.78 is 7.05. The van der Waals surface area contributed by atoms with Crippen molar-refractivity contribution in [3.63, 3.8) is 0 Å². The van der Waals surface area contributed by atoms with Gasteiger partial charge in [0.2, 0.25) is 11.9 Å². The molecular weight excluding hydrogens is 532 g/mol. The highest BCUT2D eigenvalue weighted by Crippen LogP contribution is 2.29. The molecule has 0 spiro atoms. The predicted octanol–water partition coefficient (Wildman–Crippen LogP) is 3.28. The van der Waals surface area contributed by atoms with Gasteiger partial charge in [-0.05, 0) is 55.3 Å². The molecule has 2 N–H and O–H groups in total. The number of carbonyl (C=O) groups excluding carboxylic acids is 1. The second kappa shape index (κ2) is 11.6. The number of hydrogen-bond acceptors (Lipinski definition) is 9. The summed E-state index contributed by atoms with van der Waals surface area (Å²) in [7, 11) is 1.58. The summed E-state index contributed by atoms with van der Waals surface area (Å²) in [6.07, 6.45) is 3.54. The molecule has 216 valence electrons. The summed E-state index contributed by atoms with van der Waals surface area (Å²) in [5, 5.41) is 6.70. The zero-order valence-corrected chi connectivity index (χ0v) is 23.8. The monoisotopic (exact) mass is 566 g/mol. The van der Waals surface area contributed by atoms with Gasteiger partial charge in [0.15, 0.2) is 5.65 Å². The summed E-state index contributed by atoms with van der Waals surface area (Å²) in [6.45, 7) is 10.5. The highest BCUT2D eigenvalue weighted by atomic mass is 16.5. The molecule has 42 heavy (non-hydrogen) atoms. The number of amides is 1. The van der Waals surface area contributed by atoms with Crippen molar-refractivity contribution >= 4 is 34.4 Å². The highest BCUT2D eigenvalue weighted by molar-refractivity contribution is 5.87. The third kappa shape index (κ3) is 5.30. The normalized spacial score (nSPS) is 17.0. The predicted molar refractivity (Wildman–Crippen MR) is 164 cm³/mol. The van der Waals surface area contributed by atoms with Gasteiger partial charge in [0.1, 0.15) is 17.0 Å². The number of aryl methyl sites for hydroxylation is 1. The Bertz CT molecular complexity index is 1710. The van der Waals surface area contributed by atoms with Crippen LogP contribution in [0.1, 0.15) is 18.0 Å². The largest absolute Gasteiger partial charge is 0.497 e. The highest BCUT2D eigenvalue weighted by Gasteiger charge is 2.30. The zero-order valence-electron chi connectivity index (χ0n) is 23.8. The summed E-state index contributed by atoms with van der Waals surface area (Å²) in [4.78, 5) is 44.5. The molecule has 6 rings (SSSR count). The average Bonchev–Trinajstić information content (AvgIpc) is 3.51. The second-order valence-corrected chi connectivity index (χ2v) is 10.6. The van der Waals surface area contributed by atoms with E-state index in [1.807, 2.05) is 24.3 Å². The van der Waals surface area contributed by atoms with E-state index in [1.165, 1.54) is 11.8 Å². The zero-order chi connectivity index (χ0) is 29.2. The number of benzene rings is 2. The van der Waals surface area contributed by atoms with Crippen molar-refractivity contribution in [1.82, 2.24) is 29.7 Å². The Hall–Kier alpha value is -4.77. The van der Waals surface area contributed by atoms with Crippen LogP contribution in [-0.4, -0.2) is 76.7 Å². The van der Waals surface area contributed by atoms with Crippen molar-refractivity contribution in [3.8, 4) is 17.0 Å². The van der Waals surface area contributed by atoms with Crippen molar-refractivity contribution in [2.24, 2.45) is 0 Å². The molecule has 4 heterocycles. The van der Waals surface area contributed by atoms with Crippen molar-refractivity contribution in [3.05, 3.63) is 77.2 Å². The molecule has 11 heteroatoms. The van der Waals surface area contributed by atoms with E-state index in [9.17, 15) is 9.59 Å². The molecule has 1 amide bonds. The number of aromatic nitrogens is 4. The minimum Gasteiger partial charge on any atom is -0.497 e. The topological polar surface area (TPSA) is 118 Å². The minimum atomic E-state index is -0.283. The molecule has 2 fully saturated rings. The molecular formula is C31H34N8O3. The molecule has 2 aliphatic rings. The summed E-state index contributed by atoms with van der Waals surface area (Å²) in [5.41, 5.74) is 4.74. The van der Waals surface area contributed by atoms with Gasteiger partial charge < -0.3 is 25.2 Å². The maximum atomic E-state index is 14.1. The van der Waals surface area contributed by atoms with Gasteiger partial charge in [0.05, 0.1) is 19.3 Å². The SMILES string of the molecule is C=CC(=O)N1CC[C@H](n2c(=O)c(-c3cccc(OC)c3)nc3cnc(Nc4ccc(N5CCNCC5)c(C)c4)nc32)C1. The van der Waals surface area contributed by atoms with Crippen LogP contribution in [0, 0.1) is 6.92 Å². The number of ether oxygens (including phenoxy) is 1. The van der Waals surface area contributed by atoms with Crippen molar-refractivity contribution < 1.29 is 9.53 Å². The maximum Gasteiger partial charge on any atom is 0.279 e. The third-order valence-corrected chi connectivity index (χ3v) is 7.90. The van der Waals surface area contributed by atoms with Crippen LogP contribution in [0.5, 0.6) is 5.75 Å². The lowest BCUT2D eigenvalue weighted by Crippen LogP contribution is -2.43. The first-order valence-electron chi connectivity index (χ1n) is 14.1. The number of likely N-dealkylation sites (tertiary alicyclic amines) is 1. The summed E-state index contributed by atoms with van der Waals surface area (Å²) in [5.74, 6) is 0.824. The standard InChI is InChI=1S/C31H34N8O3/c1-4-27(40)38-13-10-23(19-38)39-29-25(35-28(30(39)41)21-6-5-7-24(17-21)42-3)18-33-31(36-29)34-22-8-9-26(20(2)16-22)37-14-11-32-12-15-37/h4-9,16-18,23,32H,1,10-15,19H2,2-3H3,(H,33,34,36)/t23-/m0/s1. The number of piperazine rings is 1. The molecule has 2 aliphatic heterocycles. The molecule has 0 radical (unpaired) electrons. The van der Waals surface area contributed by atoms with Crippen molar-refractivity contribution in [2.75, 3.05) is 56.6 Å². The number of anilines is 3. The number of rotatable bonds is 7.